The van der Waals surface area contributed by atoms with E-state index in [0.717, 1.165) is 17.7 Å². The summed E-state index contributed by atoms with van der Waals surface area (Å²) < 4.78 is 0. The van der Waals surface area contributed by atoms with Crippen LogP contribution in [0.1, 0.15) is 12.0 Å². The maximum absolute atomic E-state index is 5.51. The van der Waals surface area contributed by atoms with Crippen molar-refractivity contribution in [1.29, 1.82) is 0 Å². The largest absolute Gasteiger partial charge is 0.396 e. The molecule has 15 heavy (non-hydrogen) atoms. The average molecular weight is 220 g/mol. The molecule has 0 aliphatic carbocycles. The van der Waals surface area contributed by atoms with E-state index in [4.69, 9.17) is 4.84 Å². The zero-order chi connectivity index (χ0) is 10.9. The fourth-order valence-electron chi connectivity index (χ4n) is 1.55. The summed E-state index contributed by atoms with van der Waals surface area (Å²) in [4.78, 5) is 9.60. The Bertz CT molecular complexity index is 370. The molecule has 2 heterocycles. The van der Waals surface area contributed by atoms with Crippen LogP contribution < -0.4 is 0 Å². The monoisotopic (exact) mass is 220 g/mol. The van der Waals surface area contributed by atoms with Gasteiger partial charge in [-0.25, -0.2) is 0 Å². The molecule has 0 N–H and O–H groups in total. The van der Waals surface area contributed by atoms with Crippen LogP contribution in [0.3, 0.4) is 0 Å². The predicted octanol–water partition coefficient (Wildman–Crippen LogP) is 2.45. The number of rotatable bonds is 2. The van der Waals surface area contributed by atoms with E-state index in [1.165, 1.54) is 0 Å². The van der Waals surface area contributed by atoms with E-state index < -0.39 is 8.07 Å². The van der Waals surface area contributed by atoms with E-state index >= 15 is 0 Å². The zero-order valence-corrected chi connectivity index (χ0v) is 10.4. The average Bonchev–Trinajstić information content (AvgIpc) is 2.67. The number of pyridine rings is 1. The molecule has 0 radical (unpaired) electrons. The van der Waals surface area contributed by atoms with E-state index in [0.29, 0.717) is 5.73 Å². The molecule has 0 saturated heterocycles. The second-order valence-electron chi connectivity index (χ2n) is 4.94. The molecular weight excluding hydrogens is 204 g/mol. The Balaban J connectivity index is 2.11. The van der Waals surface area contributed by atoms with Gasteiger partial charge in [0.1, 0.15) is 5.73 Å². The van der Waals surface area contributed by atoms with Crippen LogP contribution in [0.25, 0.3) is 0 Å². The van der Waals surface area contributed by atoms with E-state index in [1.807, 2.05) is 18.3 Å². The highest BCUT2D eigenvalue weighted by atomic mass is 28.3. The Kier molecular flexibility index (Phi) is 2.60. The van der Waals surface area contributed by atoms with Crippen LogP contribution in [0.4, 0.5) is 0 Å². The molecule has 0 aromatic carbocycles. The van der Waals surface area contributed by atoms with Crippen LogP contribution in [0.15, 0.2) is 29.7 Å². The van der Waals surface area contributed by atoms with Crippen molar-refractivity contribution in [3.63, 3.8) is 0 Å². The molecule has 1 aromatic rings. The van der Waals surface area contributed by atoms with Crippen LogP contribution in [-0.4, -0.2) is 24.5 Å². The molecule has 80 valence electrons. The zero-order valence-electron chi connectivity index (χ0n) is 9.40. The number of oxime groups is 1. The number of hydrogen-bond acceptors (Lipinski definition) is 3. The van der Waals surface area contributed by atoms with E-state index in [2.05, 4.69) is 29.8 Å². The molecule has 2 rings (SSSR count). The van der Waals surface area contributed by atoms with Gasteiger partial charge in [-0.15, -0.1) is 0 Å². The first kappa shape index (κ1) is 10.4. The maximum Gasteiger partial charge on any atom is 0.120 e. The Morgan fingerprint density at radius 1 is 1.40 bits per heavy atom. The molecule has 3 nitrogen and oxygen atoms in total. The van der Waals surface area contributed by atoms with Gasteiger partial charge in [0.25, 0.3) is 0 Å². The van der Waals surface area contributed by atoms with Gasteiger partial charge in [-0.2, -0.15) is 0 Å². The second kappa shape index (κ2) is 3.77. The molecule has 0 spiro atoms. The Labute approximate surface area is 91.2 Å². The third kappa shape index (κ3) is 2.26. The van der Waals surface area contributed by atoms with Crippen molar-refractivity contribution in [1.82, 2.24) is 4.98 Å². The SMILES string of the molecule is C[Si](C)(C)C1CC(c2cccnc2)=NO1. The van der Waals surface area contributed by atoms with E-state index in [-0.39, 0.29) is 0 Å². The summed E-state index contributed by atoms with van der Waals surface area (Å²) in [6.07, 6.45) is 4.55. The molecule has 1 aliphatic rings. The summed E-state index contributed by atoms with van der Waals surface area (Å²) in [5.74, 6) is 0. The molecule has 0 fully saturated rings. The lowest BCUT2D eigenvalue weighted by molar-refractivity contribution is 0.135. The third-order valence-electron chi connectivity index (χ3n) is 2.63. The molecular formula is C11H16N2OSi. The van der Waals surface area contributed by atoms with Gasteiger partial charge in [0, 0.05) is 24.4 Å². The quantitative estimate of drug-likeness (QED) is 0.717. The Hall–Kier alpha value is -1.16. The van der Waals surface area contributed by atoms with E-state index in [1.54, 1.807) is 6.20 Å². The summed E-state index contributed by atoms with van der Waals surface area (Å²) >= 11 is 0. The Morgan fingerprint density at radius 3 is 2.73 bits per heavy atom. The summed E-state index contributed by atoms with van der Waals surface area (Å²) in [5, 5.41) is 4.17. The fraction of sp³-hybridized carbons (Fsp3) is 0.455. The highest BCUT2D eigenvalue weighted by Gasteiger charge is 2.34. The normalized spacial score (nSPS) is 21.0. The van der Waals surface area contributed by atoms with Crippen LogP contribution in [-0.2, 0) is 4.84 Å². The van der Waals surface area contributed by atoms with Gasteiger partial charge >= 0.3 is 0 Å². The smallest absolute Gasteiger partial charge is 0.120 e. The highest BCUT2D eigenvalue weighted by Crippen LogP contribution is 2.23. The fourth-order valence-corrected chi connectivity index (χ4v) is 2.72. The lowest BCUT2D eigenvalue weighted by atomic mass is 10.1. The minimum absolute atomic E-state index is 0.313. The first-order chi connectivity index (χ1) is 7.07. The van der Waals surface area contributed by atoms with Crippen molar-refractivity contribution in [2.24, 2.45) is 5.16 Å². The van der Waals surface area contributed by atoms with Gasteiger partial charge in [-0.05, 0) is 12.1 Å². The van der Waals surface area contributed by atoms with Crippen molar-refractivity contribution in [2.75, 3.05) is 0 Å². The third-order valence-corrected chi connectivity index (χ3v) is 4.87. The van der Waals surface area contributed by atoms with Crippen molar-refractivity contribution >= 4 is 13.8 Å². The molecule has 4 heteroatoms. The van der Waals surface area contributed by atoms with E-state index in [9.17, 15) is 0 Å². The lowest BCUT2D eigenvalue weighted by Gasteiger charge is -2.21. The topological polar surface area (TPSA) is 34.5 Å². The van der Waals surface area contributed by atoms with Crippen molar-refractivity contribution < 1.29 is 4.84 Å². The van der Waals surface area contributed by atoms with Crippen LogP contribution in [0.5, 0.6) is 0 Å². The lowest BCUT2D eigenvalue weighted by Crippen LogP contribution is -2.38. The molecule has 1 aliphatic heterocycles. The predicted molar refractivity (Wildman–Crippen MR) is 63.6 cm³/mol. The second-order valence-corrected chi connectivity index (χ2v) is 10.3. The number of hydrogen-bond donors (Lipinski definition) is 0. The van der Waals surface area contributed by atoms with Gasteiger partial charge in [0.05, 0.1) is 13.8 Å². The molecule has 1 aromatic heterocycles. The molecule has 1 atom stereocenters. The van der Waals surface area contributed by atoms with Gasteiger partial charge in [0.2, 0.25) is 0 Å². The van der Waals surface area contributed by atoms with Crippen LogP contribution in [0, 0.1) is 0 Å². The van der Waals surface area contributed by atoms with Crippen molar-refractivity contribution in [3.8, 4) is 0 Å². The molecule has 0 bridgehead atoms. The maximum atomic E-state index is 5.51. The first-order valence-electron chi connectivity index (χ1n) is 5.20. The van der Waals surface area contributed by atoms with Crippen molar-refractivity contribution in [2.45, 2.75) is 31.8 Å². The highest BCUT2D eigenvalue weighted by molar-refractivity contribution is 6.77. The minimum atomic E-state index is -1.26. The van der Waals surface area contributed by atoms with Crippen LogP contribution >= 0.6 is 0 Å². The number of aromatic nitrogens is 1. The standard InChI is InChI=1S/C11H16N2OSi/c1-15(2,3)11-7-10(13-14-11)9-5-4-6-12-8-9/h4-6,8,11H,7H2,1-3H3. The van der Waals surface area contributed by atoms with Gasteiger partial charge in [-0.1, -0.05) is 24.8 Å². The Morgan fingerprint density at radius 2 is 2.20 bits per heavy atom. The van der Waals surface area contributed by atoms with Gasteiger partial charge in [0.15, 0.2) is 0 Å². The van der Waals surface area contributed by atoms with Crippen molar-refractivity contribution in [3.05, 3.63) is 30.1 Å². The number of nitrogens with zero attached hydrogens (tertiary/aromatic N) is 2. The molecule has 0 amide bonds. The minimum Gasteiger partial charge on any atom is -0.396 e. The summed E-state index contributed by atoms with van der Waals surface area (Å²) in [7, 11) is -1.26. The summed E-state index contributed by atoms with van der Waals surface area (Å²) in [6.45, 7) is 6.91. The summed E-state index contributed by atoms with van der Waals surface area (Å²) in [6, 6.07) is 3.96. The van der Waals surface area contributed by atoms with Gasteiger partial charge in [-0.3, -0.25) is 4.98 Å². The first-order valence-corrected chi connectivity index (χ1v) is 8.78. The molecule has 1 unspecified atom stereocenters. The van der Waals surface area contributed by atoms with Crippen LogP contribution in [0.2, 0.25) is 19.6 Å². The van der Waals surface area contributed by atoms with Gasteiger partial charge < -0.3 is 4.84 Å². The summed E-state index contributed by atoms with van der Waals surface area (Å²) in [5.41, 5.74) is 2.43. The molecule has 0 saturated carbocycles.